The van der Waals surface area contributed by atoms with Gasteiger partial charge >= 0.3 is 0 Å². The molecule has 2 heteroatoms. The Morgan fingerprint density at radius 1 is 1.50 bits per heavy atom. The number of rotatable bonds is 2. The summed E-state index contributed by atoms with van der Waals surface area (Å²) in [5.41, 5.74) is 2.55. The fourth-order valence-electron chi connectivity index (χ4n) is 0.961. The molecule has 0 radical (unpaired) electrons. The Bertz CT molecular complexity index is 336. The van der Waals surface area contributed by atoms with E-state index in [-0.39, 0.29) is 0 Å². The maximum atomic E-state index is 8.76. The van der Waals surface area contributed by atoms with Crippen LogP contribution in [0.3, 0.4) is 0 Å². The van der Waals surface area contributed by atoms with Crippen molar-refractivity contribution in [2.24, 2.45) is 0 Å². The average molecular weight is 222 g/mol. The minimum absolute atomic E-state index is 0.682. The first-order valence-corrected chi connectivity index (χ1v) is 4.65. The van der Waals surface area contributed by atoms with Gasteiger partial charge in [0.25, 0.3) is 0 Å². The molecule has 0 aliphatic heterocycles. The van der Waals surface area contributed by atoms with Gasteiger partial charge in [-0.2, -0.15) is 5.26 Å². The van der Waals surface area contributed by atoms with Crippen molar-refractivity contribution >= 4 is 21.5 Å². The zero-order valence-electron chi connectivity index (χ0n) is 6.55. The molecular formula is C10H8BrN. The summed E-state index contributed by atoms with van der Waals surface area (Å²) in [5.74, 6) is 0. The van der Waals surface area contributed by atoms with Gasteiger partial charge < -0.3 is 0 Å². The molecule has 0 aromatic heterocycles. The van der Waals surface area contributed by atoms with E-state index in [1.807, 2.05) is 18.2 Å². The SMILES string of the molecule is C=C(CBr)c1ccccc1C#N. The fraction of sp³-hybridized carbons (Fsp3) is 0.100. The number of benzene rings is 1. The molecule has 0 amide bonds. The molecule has 1 rings (SSSR count). The van der Waals surface area contributed by atoms with Gasteiger partial charge in [0.15, 0.2) is 0 Å². The van der Waals surface area contributed by atoms with Crippen LogP contribution < -0.4 is 0 Å². The van der Waals surface area contributed by atoms with Crippen molar-refractivity contribution in [1.29, 1.82) is 5.26 Å². The molecule has 0 aliphatic carbocycles. The van der Waals surface area contributed by atoms with Crippen molar-refractivity contribution in [2.75, 3.05) is 5.33 Å². The molecule has 0 N–H and O–H groups in total. The van der Waals surface area contributed by atoms with E-state index in [1.54, 1.807) is 6.07 Å². The highest BCUT2D eigenvalue weighted by Crippen LogP contribution is 2.18. The van der Waals surface area contributed by atoms with Crippen molar-refractivity contribution < 1.29 is 0 Å². The second-order valence-electron chi connectivity index (χ2n) is 2.39. The molecule has 0 atom stereocenters. The van der Waals surface area contributed by atoms with Gasteiger partial charge in [-0.15, -0.1) is 0 Å². The Morgan fingerprint density at radius 3 is 2.75 bits per heavy atom. The molecular weight excluding hydrogens is 214 g/mol. The summed E-state index contributed by atoms with van der Waals surface area (Å²) in [6.07, 6.45) is 0. The third-order valence-electron chi connectivity index (χ3n) is 1.59. The quantitative estimate of drug-likeness (QED) is 0.705. The van der Waals surface area contributed by atoms with Crippen LogP contribution in [0.5, 0.6) is 0 Å². The molecule has 1 nitrogen and oxygen atoms in total. The third kappa shape index (κ3) is 1.75. The Labute approximate surface area is 80.5 Å². The average Bonchev–Trinajstić information content (AvgIpc) is 2.16. The van der Waals surface area contributed by atoms with Crippen LogP contribution in [-0.4, -0.2) is 5.33 Å². The normalized spacial score (nSPS) is 9.00. The highest BCUT2D eigenvalue weighted by Gasteiger charge is 2.02. The molecule has 0 fully saturated rings. The Balaban J connectivity index is 3.16. The number of halogens is 1. The summed E-state index contributed by atoms with van der Waals surface area (Å²) in [6, 6.07) is 9.59. The summed E-state index contributed by atoms with van der Waals surface area (Å²) in [5, 5.41) is 9.46. The monoisotopic (exact) mass is 221 g/mol. The predicted octanol–water partition coefficient (Wildman–Crippen LogP) is 2.97. The molecule has 0 heterocycles. The first kappa shape index (κ1) is 9.02. The highest BCUT2D eigenvalue weighted by atomic mass is 79.9. The van der Waals surface area contributed by atoms with E-state index in [0.29, 0.717) is 10.9 Å². The fourth-order valence-corrected chi connectivity index (χ4v) is 1.26. The molecule has 1 aromatic carbocycles. The van der Waals surface area contributed by atoms with Crippen LogP contribution in [0, 0.1) is 11.3 Å². The largest absolute Gasteiger partial charge is 0.192 e. The number of hydrogen-bond acceptors (Lipinski definition) is 1. The molecule has 60 valence electrons. The van der Waals surface area contributed by atoms with Crippen LogP contribution in [0.15, 0.2) is 30.8 Å². The Morgan fingerprint density at radius 2 is 2.17 bits per heavy atom. The highest BCUT2D eigenvalue weighted by molar-refractivity contribution is 9.09. The zero-order chi connectivity index (χ0) is 8.97. The predicted molar refractivity (Wildman–Crippen MR) is 54.0 cm³/mol. The van der Waals surface area contributed by atoms with Crippen LogP contribution >= 0.6 is 15.9 Å². The van der Waals surface area contributed by atoms with E-state index >= 15 is 0 Å². The molecule has 1 aromatic rings. The van der Waals surface area contributed by atoms with E-state index in [4.69, 9.17) is 5.26 Å². The number of nitrogens with zero attached hydrogens (tertiary/aromatic N) is 1. The Hall–Kier alpha value is -1.07. The van der Waals surface area contributed by atoms with Crippen LogP contribution in [0.25, 0.3) is 5.57 Å². The topological polar surface area (TPSA) is 23.8 Å². The van der Waals surface area contributed by atoms with Crippen LogP contribution in [0.1, 0.15) is 11.1 Å². The summed E-state index contributed by atoms with van der Waals surface area (Å²) in [7, 11) is 0. The smallest absolute Gasteiger partial charge is 0.0998 e. The van der Waals surface area contributed by atoms with Gasteiger partial charge in [0, 0.05) is 5.33 Å². The van der Waals surface area contributed by atoms with Gasteiger partial charge in [-0.25, -0.2) is 0 Å². The van der Waals surface area contributed by atoms with Crippen molar-refractivity contribution in [3.63, 3.8) is 0 Å². The lowest BCUT2D eigenvalue weighted by atomic mass is 10.0. The van der Waals surface area contributed by atoms with Gasteiger partial charge in [0.05, 0.1) is 11.6 Å². The summed E-state index contributed by atoms with van der Waals surface area (Å²) in [6.45, 7) is 3.85. The summed E-state index contributed by atoms with van der Waals surface area (Å²) < 4.78 is 0. The second-order valence-corrected chi connectivity index (χ2v) is 2.96. The van der Waals surface area contributed by atoms with Gasteiger partial charge in [-0.1, -0.05) is 40.7 Å². The minimum Gasteiger partial charge on any atom is -0.192 e. The van der Waals surface area contributed by atoms with Gasteiger partial charge in [0.1, 0.15) is 0 Å². The number of nitriles is 1. The van der Waals surface area contributed by atoms with Crippen molar-refractivity contribution in [2.45, 2.75) is 0 Å². The first-order valence-electron chi connectivity index (χ1n) is 3.53. The lowest BCUT2D eigenvalue weighted by molar-refractivity contribution is 1.46. The lowest BCUT2D eigenvalue weighted by Crippen LogP contribution is -1.88. The molecule has 0 saturated carbocycles. The standard InChI is InChI=1S/C10H8BrN/c1-8(6-11)10-5-3-2-4-9(10)7-12/h2-5H,1,6H2. The molecule has 0 unspecified atom stereocenters. The summed E-state index contributed by atoms with van der Waals surface area (Å²) in [4.78, 5) is 0. The van der Waals surface area contributed by atoms with E-state index < -0.39 is 0 Å². The number of allylic oxidation sites excluding steroid dienone is 1. The van der Waals surface area contributed by atoms with Crippen LogP contribution in [-0.2, 0) is 0 Å². The van der Waals surface area contributed by atoms with Crippen molar-refractivity contribution in [3.8, 4) is 6.07 Å². The van der Waals surface area contributed by atoms with E-state index in [1.165, 1.54) is 0 Å². The molecule has 0 bridgehead atoms. The Kier molecular flexibility index (Phi) is 3.07. The summed E-state index contributed by atoms with van der Waals surface area (Å²) >= 11 is 3.31. The maximum Gasteiger partial charge on any atom is 0.0998 e. The van der Waals surface area contributed by atoms with Gasteiger partial charge in [0.2, 0.25) is 0 Å². The van der Waals surface area contributed by atoms with Crippen molar-refractivity contribution in [3.05, 3.63) is 42.0 Å². The molecule has 12 heavy (non-hydrogen) atoms. The first-order chi connectivity index (χ1) is 5.79. The van der Waals surface area contributed by atoms with E-state index in [2.05, 4.69) is 28.6 Å². The van der Waals surface area contributed by atoms with Crippen molar-refractivity contribution in [1.82, 2.24) is 0 Å². The third-order valence-corrected chi connectivity index (χ3v) is 2.27. The zero-order valence-corrected chi connectivity index (χ0v) is 8.13. The van der Waals surface area contributed by atoms with Crippen LogP contribution in [0.4, 0.5) is 0 Å². The molecule has 0 spiro atoms. The minimum atomic E-state index is 0.682. The maximum absolute atomic E-state index is 8.76. The number of alkyl halides is 1. The van der Waals surface area contributed by atoms with E-state index in [0.717, 1.165) is 11.1 Å². The second kappa shape index (κ2) is 4.08. The molecule has 0 saturated heterocycles. The van der Waals surface area contributed by atoms with Crippen LogP contribution in [0.2, 0.25) is 0 Å². The van der Waals surface area contributed by atoms with Gasteiger partial charge in [-0.3, -0.25) is 0 Å². The molecule has 0 aliphatic rings. The number of hydrogen-bond donors (Lipinski definition) is 0. The van der Waals surface area contributed by atoms with Gasteiger partial charge in [-0.05, 0) is 17.2 Å². The van der Waals surface area contributed by atoms with E-state index in [9.17, 15) is 0 Å². The lowest BCUT2D eigenvalue weighted by Gasteiger charge is -2.02.